The maximum atomic E-state index is 12.4. The van der Waals surface area contributed by atoms with E-state index in [4.69, 9.17) is 14.2 Å². The van der Waals surface area contributed by atoms with Crippen molar-refractivity contribution in [3.05, 3.63) is 48.2 Å². The molecule has 1 saturated heterocycles. The first kappa shape index (κ1) is 17.0. The van der Waals surface area contributed by atoms with Gasteiger partial charge in [0.25, 0.3) is 5.91 Å². The normalized spacial score (nSPS) is 21.2. The van der Waals surface area contributed by atoms with E-state index in [1.54, 1.807) is 18.3 Å². The van der Waals surface area contributed by atoms with Gasteiger partial charge in [-0.15, -0.1) is 0 Å². The molecule has 7 heteroatoms. The van der Waals surface area contributed by atoms with E-state index < -0.39 is 0 Å². The van der Waals surface area contributed by atoms with Crippen molar-refractivity contribution in [1.29, 1.82) is 0 Å². The average Bonchev–Trinajstić information content (AvgIpc) is 3.19. The maximum Gasteiger partial charge on any atom is 0.251 e. The molecule has 1 N–H and O–H groups in total. The van der Waals surface area contributed by atoms with Crippen molar-refractivity contribution in [3.8, 4) is 17.4 Å². The number of para-hydroxylation sites is 2. The SMILES string of the molecule is O=C(NCC1COc2ccccc2O1)c1ccnc(OC2CCSC2)c1. The number of thioether (sulfide) groups is 1. The standard InChI is InChI=1S/C19H20N2O4S/c22-19(13-5-7-20-18(9-13)25-14-6-8-26-12-14)21-10-15-11-23-16-3-1-2-4-17(16)24-15/h1-5,7,9,14-15H,6,8,10-12H2,(H,21,22). The first-order valence-corrected chi connectivity index (χ1v) is 9.80. The summed E-state index contributed by atoms with van der Waals surface area (Å²) in [5.41, 5.74) is 0.526. The van der Waals surface area contributed by atoms with Crippen LogP contribution in [0.3, 0.4) is 0 Å². The molecule has 1 amide bonds. The van der Waals surface area contributed by atoms with Crippen LogP contribution in [-0.4, -0.2) is 47.8 Å². The number of carbonyl (C=O) groups excluding carboxylic acids is 1. The summed E-state index contributed by atoms with van der Waals surface area (Å²) in [6.07, 6.45) is 2.58. The van der Waals surface area contributed by atoms with Crippen molar-refractivity contribution in [3.63, 3.8) is 0 Å². The van der Waals surface area contributed by atoms with E-state index in [1.807, 2.05) is 36.0 Å². The summed E-state index contributed by atoms with van der Waals surface area (Å²) >= 11 is 1.87. The Morgan fingerprint density at radius 2 is 2.19 bits per heavy atom. The van der Waals surface area contributed by atoms with Gasteiger partial charge in [0.2, 0.25) is 5.88 Å². The summed E-state index contributed by atoms with van der Waals surface area (Å²) in [4.78, 5) is 16.6. The van der Waals surface area contributed by atoms with Crippen LogP contribution in [0.15, 0.2) is 42.6 Å². The van der Waals surface area contributed by atoms with Crippen LogP contribution in [0.4, 0.5) is 0 Å². The zero-order chi connectivity index (χ0) is 17.8. The van der Waals surface area contributed by atoms with Gasteiger partial charge in [0, 0.05) is 23.6 Å². The summed E-state index contributed by atoms with van der Waals surface area (Å²) in [6.45, 7) is 0.770. The topological polar surface area (TPSA) is 69.7 Å². The largest absolute Gasteiger partial charge is 0.486 e. The van der Waals surface area contributed by atoms with E-state index in [9.17, 15) is 4.79 Å². The summed E-state index contributed by atoms with van der Waals surface area (Å²) < 4.78 is 17.4. The molecule has 2 aliphatic heterocycles. The zero-order valence-corrected chi connectivity index (χ0v) is 15.0. The zero-order valence-electron chi connectivity index (χ0n) is 14.2. The van der Waals surface area contributed by atoms with Crippen LogP contribution in [0.2, 0.25) is 0 Å². The first-order valence-electron chi connectivity index (χ1n) is 8.65. The molecule has 2 aromatic rings. The van der Waals surface area contributed by atoms with Crippen molar-refractivity contribution in [2.45, 2.75) is 18.6 Å². The fraction of sp³-hybridized carbons (Fsp3) is 0.368. The second-order valence-electron chi connectivity index (χ2n) is 6.19. The van der Waals surface area contributed by atoms with E-state index >= 15 is 0 Å². The molecule has 1 fully saturated rings. The number of ether oxygens (including phenoxy) is 3. The second kappa shape index (κ2) is 7.86. The highest BCUT2D eigenvalue weighted by Crippen LogP contribution is 2.30. The Morgan fingerprint density at radius 1 is 1.31 bits per heavy atom. The molecular weight excluding hydrogens is 352 g/mol. The van der Waals surface area contributed by atoms with Crippen molar-refractivity contribution in [2.75, 3.05) is 24.7 Å². The van der Waals surface area contributed by atoms with Gasteiger partial charge in [0.15, 0.2) is 11.5 Å². The molecule has 6 nitrogen and oxygen atoms in total. The second-order valence-corrected chi connectivity index (χ2v) is 7.34. The third kappa shape index (κ3) is 4.04. The fourth-order valence-electron chi connectivity index (χ4n) is 2.86. The molecule has 0 spiro atoms. The van der Waals surface area contributed by atoms with Gasteiger partial charge in [-0.05, 0) is 30.4 Å². The van der Waals surface area contributed by atoms with E-state index in [0.29, 0.717) is 30.3 Å². The quantitative estimate of drug-likeness (QED) is 0.870. The molecule has 1 aromatic heterocycles. The Balaban J connectivity index is 1.32. The number of nitrogens with one attached hydrogen (secondary N) is 1. The lowest BCUT2D eigenvalue weighted by atomic mass is 10.2. The number of fused-ring (bicyclic) bond motifs is 1. The van der Waals surface area contributed by atoms with Crippen LogP contribution in [-0.2, 0) is 0 Å². The molecule has 0 aliphatic carbocycles. The van der Waals surface area contributed by atoms with E-state index in [2.05, 4.69) is 10.3 Å². The predicted octanol–water partition coefficient (Wildman–Crippen LogP) is 2.54. The number of nitrogens with zero attached hydrogens (tertiary/aromatic N) is 1. The molecule has 2 atom stereocenters. The summed E-state index contributed by atoms with van der Waals surface area (Å²) in [5, 5.41) is 2.89. The molecule has 136 valence electrons. The lowest BCUT2D eigenvalue weighted by molar-refractivity contribution is 0.0788. The van der Waals surface area contributed by atoms with Crippen LogP contribution in [0.5, 0.6) is 17.4 Å². The highest BCUT2D eigenvalue weighted by molar-refractivity contribution is 7.99. The molecule has 3 heterocycles. The minimum absolute atomic E-state index is 0.179. The Morgan fingerprint density at radius 3 is 3.04 bits per heavy atom. The smallest absolute Gasteiger partial charge is 0.251 e. The third-order valence-corrected chi connectivity index (χ3v) is 5.36. The van der Waals surface area contributed by atoms with Crippen LogP contribution >= 0.6 is 11.8 Å². The maximum absolute atomic E-state index is 12.4. The van der Waals surface area contributed by atoms with Crippen molar-refractivity contribution < 1.29 is 19.0 Å². The molecule has 1 aromatic carbocycles. The Kier molecular flexibility index (Phi) is 5.15. The minimum Gasteiger partial charge on any atom is -0.486 e. The number of amides is 1. The first-order chi connectivity index (χ1) is 12.8. The highest BCUT2D eigenvalue weighted by Gasteiger charge is 2.22. The van der Waals surface area contributed by atoms with Gasteiger partial charge in [0.05, 0.1) is 6.54 Å². The summed E-state index contributed by atoms with van der Waals surface area (Å²) in [5.74, 6) is 3.83. The number of pyridine rings is 1. The van der Waals surface area contributed by atoms with Gasteiger partial charge in [-0.25, -0.2) is 4.98 Å². The molecule has 0 saturated carbocycles. The number of hydrogen-bond acceptors (Lipinski definition) is 6. The van der Waals surface area contributed by atoms with E-state index in [0.717, 1.165) is 23.7 Å². The molecular formula is C19H20N2O4S. The molecule has 0 radical (unpaired) electrons. The molecule has 0 bridgehead atoms. The number of carbonyl (C=O) groups is 1. The Labute approximate surface area is 156 Å². The third-order valence-electron chi connectivity index (χ3n) is 4.23. The van der Waals surface area contributed by atoms with Gasteiger partial charge >= 0.3 is 0 Å². The summed E-state index contributed by atoms with van der Waals surface area (Å²) in [7, 11) is 0. The monoisotopic (exact) mass is 372 g/mol. The van der Waals surface area contributed by atoms with Gasteiger partial charge in [-0.2, -0.15) is 11.8 Å². The molecule has 2 aliphatic rings. The number of benzene rings is 1. The fourth-order valence-corrected chi connectivity index (χ4v) is 3.96. The van der Waals surface area contributed by atoms with Crippen LogP contribution in [0.25, 0.3) is 0 Å². The highest BCUT2D eigenvalue weighted by atomic mass is 32.2. The van der Waals surface area contributed by atoms with Crippen molar-refractivity contribution >= 4 is 17.7 Å². The van der Waals surface area contributed by atoms with Gasteiger partial charge in [0.1, 0.15) is 18.8 Å². The molecule has 2 unspecified atom stereocenters. The Hall–Kier alpha value is -2.41. The lowest BCUT2D eigenvalue weighted by Gasteiger charge is -2.26. The van der Waals surface area contributed by atoms with Gasteiger partial charge < -0.3 is 19.5 Å². The van der Waals surface area contributed by atoms with Gasteiger partial charge in [-0.3, -0.25) is 4.79 Å². The molecule has 26 heavy (non-hydrogen) atoms. The number of hydrogen-bond donors (Lipinski definition) is 1. The number of aromatic nitrogens is 1. The van der Waals surface area contributed by atoms with Crippen LogP contribution < -0.4 is 19.5 Å². The summed E-state index contributed by atoms with van der Waals surface area (Å²) in [6, 6.07) is 10.9. The number of rotatable bonds is 5. The van der Waals surface area contributed by atoms with Crippen LogP contribution in [0.1, 0.15) is 16.8 Å². The average molecular weight is 372 g/mol. The Bertz CT molecular complexity index is 780. The molecule has 4 rings (SSSR count). The lowest BCUT2D eigenvalue weighted by Crippen LogP contribution is -2.40. The van der Waals surface area contributed by atoms with Crippen molar-refractivity contribution in [2.24, 2.45) is 0 Å². The predicted molar refractivity (Wildman–Crippen MR) is 99.3 cm³/mol. The van der Waals surface area contributed by atoms with Crippen LogP contribution in [0, 0.1) is 0 Å². The van der Waals surface area contributed by atoms with Gasteiger partial charge in [-0.1, -0.05) is 12.1 Å². The van der Waals surface area contributed by atoms with Crippen molar-refractivity contribution in [1.82, 2.24) is 10.3 Å². The van der Waals surface area contributed by atoms with E-state index in [-0.39, 0.29) is 18.1 Å². The minimum atomic E-state index is -0.220. The van der Waals surface area contributed by atoms with E-state index in [1.165, 1.54) is 0 Å².